The van der Waals surface area contributed by atoms with Gasteiger partial charge in [-0.25, -0.2) is 9.78 Å². The molecule has 0 aliphatic carbocycles. The van der Waals surface area contributed by atoms with Gasteiger partial charge in [0.15, 0.2) is 23.4 Å². The molecule has 0 amide bonds. The molecule has 4 aromatic rings. The molecule has 12 heteroatoms. The Morgan fingerprint density at radius 2 is 1.90 bits per heavy atom. The Morgan fingerprint density at radius 1 is 1.15 bits per heavy atom. The third kappa shape index (κ3) is 6.09. The van der Waals surface area contributed by atoms with Crippen molar-refractivity contribution < 1.29 is 32.2 Å². The molecule has 0 bridgehead atoms. The second-order valence-electron chi connectivity index (χ2n) is 8.44. The van der Waals surface area contributed by atoms with Gasteiger partial charge < -0.3 is 14.2 Å². The fourth-order valence-corrected chi connectivity index (χ4v) is 4.05. The number of hydrogen-bond donors (Lipinski definition) is 0. The van der Waals surface area contributed by atoms with E-state index in [1.54, 1.807) is 31.2 Å². The van der Waals surface area contributed by atoms with Crippen molar-refractivity contribution in [3.8, 4) is 22.9 Å². The molecule has 3 aromatic carbocycles. The van der Waals surface area contributed by atoms with Crippen LogP contribution in [0.15, 0.2) is 70.6 Å². The van der Waals surface area contributed by atoms with Crippen molar-refractivity contribution >= 4 is 34.7 Å². The summed E-state index contributed by atoms with van der Waals surface area (Å²) in [7, 11) is 1.37. The van der Waals surface area contributed by atoms with Crippen molar-refractivity contribution in [3.05, 3.63) is 87.2 Å². The molecule has 208 valence electrons. The summed E-state index contributed by atoms with van der Waals surface area (Å²) >= 11 is 6.41. The number of para-hydroxylation sites is 1. The molecule has 8 nitrogen and oxygen atoms in total. The van der Waals surface area contributed by atoms with E-state index < -0.39 is 29.4 Å². The van der Waals surface area contributed by atoms with Crippen molar-refractivity contribution in [3.63, 3.8) is 0 Å². The van der Waals surface area contributed by atoms with Gasteiger partial charge in [0, 0.05) is 5.56 Å². The number of rotatable bonds is 8. The summed E-state index contributed by atoms with van der Waals surface area (Å²) in [6.07, 6.45) is -4.28. The standard InChI is InChI=1S/C28H23ClF3N3O5/c1-4-39-27(37)16(2)40-24-21(29)12-17(13-23(24)38-3)15-33-35-25(18-8-7-9-19(14-18)28(30,31)32)34-22-11-6-5-10-20(22)26(35)36/h5-16H,4H2,1-3H3/t16-/m0/s1. The summed E-state index contributed by atoms with van der Waals surface area (Å²) in [4.78, 5) is 29.8. The van der Waals surface area contributed by atoms with Gasteiger partial charge in [-0.2, -0.15) is 22.9 Å². The summed E-state index contributed by atoms with van der Waals surface area (Å²) < 4.78 is 57.1. The molecule has 0 spiro atoms. The normalized spacial score (nSPS) is 12.5. The number of ether oxygens (including phenoxy) is 3. The average molecular weight is 574 g/mol. The number of nitrogens with zero attached hydrogens (tertiary/aromatic N) is 3. The average Bonchev–Trinajstić information content (AvgIpc) is 2.93. The highest BCUT2D eigenvalue weighted by Gasteiger charge is 2.31. The predicted molar refractivity (Wildman–Crippen MR) is 144 cm³/mol. The van der Waals surface area contributed by atoms with Crippen LogP contribution in [0.4, 0.5) is 13.2 Å². The van der Waals surface area contributed by atoms with Crippen molar-refractivity contribution in [2.45, 2.75) is 26.1 Å². The van der Waals surface area contributed by atoms with Crippen molar-refractivity contribution in [2.24, 2.45) is 5.10 Å². The number of esters is 1. The second-order valence-corrected chi connectivity index (χ2v) is 8.85. The molecule has 0 unspecified atom stereocenters. The number of halogens is 4. The number of carbonyl (C=O) groups is 1. The Balaban J connectivity index is 1.80. The monoisotopic (exact) mass is 573 g/mol. The number of fused-ring (bicyclic) bond motifs is 1. The van der Waals surface area contributed by atoms with Gasteiger partial charge in [-0.15, -0.1) is 0 Å². The second kappa shape index (κ2) is 11.8. The van der Waals surface area contributed by atoms with Gasteiger partial charge in [0.1, 0.15) is 0 Å². The van der Waals surface area contributed by atoms with Crippen molar-refractivity contribution in [1.82, 2.24) is 9.66 Å². The van der Waals surface area contributed by atoms with Crippen LogP contribution in [0.25, 0.3) is 22.3 Å². The molecule has 0 aliphatic rings. The highest BCUT2D eigenvalue weighted by Crippen LogP contribution is 2.37. The Hall–Kier alpha value is -4.38. The molecule has 1 aromatic heterocycles. The topological polar surface area (TPSA) is 92.0 Å². The zero-order valence-electron chi connectivity index (χ0n) is 21.5. The number of aromatic nitrogens is 2. The zero-order valence-corrected chi connectivity index (χ0v) is 22.3. The SMILES string of the molecule is CCOC(=O)[C@H](C)Oc1c(Cl)cc(C=Nn2c(-c3cccc(C(F)(F)F)c3)nc3ccccc3c2=O)cc1OC. The third-order valence-electron chi connectivity index (χ3n) is 5.69. The van der Waals surface area contributed by atoms with Crippen LogP contribution in [-0.2, 0) is 15.7 Å². The molecule has 0 saturated heterocycles. The van der Waals surface area contributed by atoms with Gasteiger partial charge in [0.25, 0.3) is 5.56 Å². The Kier molecular flexibility index (Phi) is 8.43. The fourth-order valence-electron chi connectivity index (χ4n) is 3.79. The lowest BCUT2D eigenvalue weighted by atomic mass is 10.1. The van der Waals surface area contributed by atoms with E-state index in [0.29, 0.717) is 11.1 Å². The van der Waals surface area contributed by atoms with E-state index in [9.17, 15) is 22.8 Å². The van der Waals surface area contributed by atoms with Gasteiger partial charge in [0.05, 0.1) is 41.4 Å². The molecule has 0 N–H and O–H groups in total. The van der Waals surface area contributed by atoms with E-state index in [-0.39, 0.29) is 39.9 Å². The van der Waals surface area contributed by atoms with E-state index >= 15 is 0 Å². The lowest BCUT2D eigenvalue weighted by molar-refractivity contribution is -0.150. The first kappa shape index (κ1) is 28.6. The molecule has 0 saturated carbocycles. The van der Waals surface area contributed by atoms with E-state index in [2.05, 4.69) is 10.1 Å². The van der Waals surface area contributed by atoms with E-state index in [1.165, 1.54) is 44.5 Å². The smallest absolute Gasteiger partial charge is 0.416 e. The molecule has 40 heavy (non-hydrogen) atoms. The van der Waals surface area contributed by atoms with Gasteiger partial charge in [-0.1, -0.05) is 35.9 Å². The van der Waals surface area contributed by atoms with Crippen LogP contribution >= 0.6 is 11.6 Å². The van der Waals surface area contributed by atoms with Crippen LogP contribution in [-0.4, -0.2) is 41.7 Å². The number of benzene rings is 3. The van der Waals surface area contributed by atoms with Gasteiger partial charge in [-0.05, 0) is 55.8 Å². The summed E-state index contributed by atoms with van der Waals surface area (Å²) in [5.41, 5.74) is -0.772. The van der Waals surface area contributed by atoms with E-state index in [4.69, 9.17) is 25.8 Å². The molecule has 0 radical (unpaired) electrons. The molecule has 0 aliphatic heterocycles. The van der Waals surface area contributed by atoms with Crippen LogP contribution in [0.5, 0.6) is 11.5 Å². The van der Waals surface area contributed by atoms with Gasteiger partial charge in [-0.3, -0.25) is 4.79 Å². The minimum absolute atomic E-state index is 0.0436. The highest BCUT2D eigenvalue weighted by molar-refractivity contribution is 6.32. The minimum atomic E-state index is -4.59. The zero-order chi connectivity index (χ0) is 29.0. The molecular weight excluding hydrogens is 551 g/mol. The van der Waals surface area contributed by atoms with E-state index in [1.807, 2.05) is 0 Å². The fraction of sp³-hybridized carbons (Fsp3) is 0.214. The Morgan fingerprint density at radius 3 is 2.60 bits per heavy atom. The molecule has 1 heterocycles. The first-order valence-corrected chi connectivity index (χ1v) is 12.4. The summed E-state index contributed by atoms with van der Waals surface area (Å²) in [6.45, 7) is 3.34. The van der Waals surface area contributed by atoms with Crippen molar-refractivity contribution in [1.29, 1.82) is 0 Å². The molecule has 1 atom stereocenters. The van der Waals surface area contributed by atoms with Gasteiger partial charge >= 0.3 is 12.1 Å². The number of alkyl halides is 3. The highest BCUT2D eigenvalue weighted by atomic mass is 35.5. The lowest BCUT2D eigenvalue weighted by Gasteiger charge is -2.17. The summed E-state index contributed by atoms with van der Waals surface area (Å²) in [6, 6.07) is 13.9. The van der Waals surface area contributed by atoms with Crippen LogP contribution in [0.1, 0.15) is 25.0 Å². The maximum Gasteiger partial charge on any atom is 0.416 e. The van der Waals surface area contributed by atoms with Crippen LogP contribution in [0, 0.1) is 0 Å². The van der Waals surface area contributed by atoms with Gasteiger partial charge in [0.2, 0.25) is 0 Å². The maximum atomic E-state index is 13.4. The van der Waals surface area contributed by atoms with Crippen molar-refractivity contribution in [2.75, 3.05) is 13.7 Å². The largest absolute Gasteiger partial charge is 0.493 e. The third-order valence-corrected chi connectivity index (χ3v) is 5.97. The van der Waals surface area contributed by atoms with Crippen LogP contribution in [0.3, 0.4) is 0 Å². The quantitative estimate of drug-likeness (QED) is 0.191. The van der Waals surface area contributed by atoms with E-state index in [0.717, 1.165) is 16.8 Å². The number of carbonyl (C=O) groups excluding carboxylic acids is 1. The number of methoxy groups -OCH3 is 1. The summed E-state index contributed by atoms with van der Waals surface area (Å²) in [5, 5.41) is 4.57. The maximum absolute atomic E-state index is 13.4. The predicted octanol–water partition coefficient (Wildman–Crippen LogP) is 5.96. The number of hydrogen-bond acceptors (Lipinski definition) is 7. The summed E-state index contributed by atoms with van der Waals surface area (Å²) in [5.74, 6) is -0.410. The minimum Gasteiger partial charge on any atom is -0.493 e. The lowest BCUT2D eigenvalue weighted by Crippen LogP contribution is -2.26. The van der Waals surface area contributed by atoms with Crippen LogP contribution < -0.4 is 15.0 Å². The van der Waals surface area contributed by atoms with Crippen LogP contribution in [0.2, 0.25) is 5.02 Å². The molecule has 0 fully saturated rings. The first-order valence-electron chi connectivity index (χ1n) is 12.0. The first-order chi connectivity index (χ1) is 19.0. The Labute approximate surface area is 231 Å². The molecule has 4 rings (SSSR count). The molecular formula is C28H23ClF3N3O5. The Bertz CT molecular complexity index is 1650.